The molecule has 23 heavy (non-hydrogen) atoms. The van der Waals surface area contributed by atoms with E-state index >= 15 is 0 Å². The van der Waals surface area contributed by atoms with E-state index in [9.17, 15) is 12.8 Å². The van der Waals surface area contributed by atoms with Gasteiger partial charge in [-0.25, -0.2) is 17.1 Å². The summed E-state index contributed by atoms with van der Waals surface area (Å²) in [5.74, 6) is 0.175. The van der Waals surface area contributed by atoms with Crippen molar-refractivity contribution in [2.45, 2.75) is 12.7 Å². The quantitative estimate of drug-likeness (QED) is 0.780. The number of sulfonamides is 1. The second-order valence-electron chi connectivity index (χ2n) is 5.37. The van der Waals surface area contributed by atoms with E-state index in [0.717, 1.165) is 5.56 Å². The molecule has 0 saturated heterocycles. The van der Waals surface area contributed by atoms with E-state index in [-0.39, 0.29) is 24.7 Å². The Labute approximate surface area is 136 Å². The fourth-order valence-electron chi connectivity index (χ4n) is 2.04. The lowest BCUT2D eigenvalue weighted by molar-refractivity contribution is 0.286. The summed E-state index contributed by atoms with van der Waals surface area (Å²) in [5, 5.41) is 0. The number of halogens is 1. The molecule has 2 aromatic carbocycles. The molecule has 0 heterocycles. The highest BCUT2D eigenvalue weighted by Crippen LogP contribution is 2.13. The fourth-order valence-corrected chi connectivity index (χ4v) is 3.22. The predicted molar refractivity (Wildman–Crippen MR) is 88.3 cm³/mol. The monoisotopic (exact) mass is 337 g/mol. The van der Waals surface area contributed by atoms with Gasteiger partial charge in [-0.3, -0.25) is 0 Å². The maximum absolute atomic E-state index is 12.9. The van der Waals surface area contributed by atoms with Gasteiger partial charge in [-0.1, -0.05) is 24.3 Å². The van der Waals surface area contributed by atoms with Crippen LogP contribution in [0.5, 0.6) is 5.75 Å². The molecule has 2 rings (SSSR count). The molecule has 0 aliphatic heterocycles. The zero-order valence-electron chi connectivity index (χ0n) is 13.2. The normalized spacial score (nSPS) is 11.7. The lowest BCUT2D eigenvalue weighted by Gasteiger charge is -2.17. The zero-order valence-corrected chi connectivity index (χ0v) is 14.0. The first-order valence-electron chi connectivity index (χ1n) is 7.25. The number of ether oxygens (including phenoxy) is 1. The number of benzene rings is 2. The molecule has 0 radical (unpaired) electrons. The van der Waals surface area contributed by atoms with Gasteiger partial charge < -0.3 is 4.74 Å². The second kappa shape index (κ2) is 7.57. The molecule has 0 aromatic heterocycles. The van der Waals surface area contributed by atoms with E-state index in [1.165, 1.54) is 35.6 Å². The summed E-state index contributed by atoms with van der Waals surface area (Å²) in [4.78, 5) is 0. The molecule has 4 nitrogen and oxygen atoms in total. The van der Waals surface area contributed by atoms with Crippen molar-refractivity contribution in [2.75, 3.05) is 20.2 Å². The minimum Gasteiger partial charge on any atom is -0.492 e. The van der Waals surface area contributed by atoms with Crippen molar-refractivity contribution in [2.24, 2.45) is 0 Å². The summed E-state index contributed by atoms with van der Waals surface area (Å²) < 4.78 is 44.2. The van der Waals surface area contributed by atoms with Crippen LogP contribution >= 0.6 is 0 Å². The SMILES string of the molecule is Cc1cccc(OCCN(C)S(=O)(=O)Cc2ccc(F)cc2)c1. The van der Waals surface area contributed by atoms with Crippen molar-refractivity contribution in [3.05, 3.63) is 65.5 Å². The van der Waals surface area contributed by atoms with Crippen LogP contribution < -0.4 is 4.74 Å². The van der Waals surface area contributed by atoms with Gasteiger partial charge in [0.1, 0.15) is 18.2 Å². The predicted octanol–water partition coefficient (Wildman–Crippen LogP) is 2.97. The van der Waals surface area contributed by atoms with E-state index in [1.54, 1.807) is 0 Å². The number of hydrogen-bond acceptors (Lipinski definition) is 3. The van der Waals surface area contributed by atoms with Gasteiger partial charge in [0.05, 0.1) is 5.75 Å². The molecule has 0 aliphatic rings. The molecular formula is C17H20FNO3S. The molecule has 0 unspecified atom stereocenters. The minimum absolute atomic E-state index is 0.159. The van der Waals surface area contributed by atoms with E-state index in [0.29, 0.717) is 11.3 Å². The third-order valence-electron chi connectivity index (χ3n) is 3.40. The van der Waals surface area contributed by atoms with E-state index < -0.39 is 10.0 Å². The van der Waals surface area contributed by atoms with Crippen LogP contribution in [0, 0.1) is 12.7 Å². The minimum atomic E-state index is -3.46. The first kappa shape index (κ1) is 17.4. The molecule has 0 bridgehead atoms. The van der Waals surface area contributed by atoms with Crippen molar-refractivity contribution in [3.8, 4) is 5.75 Å². The number of likely N-dealkylation sites (N-methyl/N-ethyl adjacent to an activating group) is 1. The molecule has 0 spiro atoms. The number of nitrogens with zero attached hydrogens (tertiary/aromatic N) is 1. The first-order valence-corrected chi connectivity index (χ1v) is 8.86. The maximum atomic E-state index is 12.9. The van der Waals surface area contributed by atoms with E-state index in [1.807, 2.05) is 31.2 Å². The molecule has 2 aromatic rings. The summed E-state index contributed by atoms with van der Waals surface area (Å²) >= 11 is 0. The summed E-state index contributed by atoms with van der Waals surface area (Å²) in [5.41, 5.74) is 1.64. The van der Waals surface area contributed by atoms with Gasteiger partial charge in [-0.05, 0) is 42.3 Å². The third kappa shape index (κ3) is 5.33. The second-order valence-corrected chi connectivity index (χ2v) is 7.45. The van der Waals surface area contributed by atoms with Crippen LogP contribution in [-0.4, -0.2) is 32.9 Å². The van der Waals surface area contributed by atoms with Crippen LogP contribution in [0.2, 0.25) is 0 Å². The first-order chi connectivity index (χ1) is 10.9. The molecule has 124 valence electrons. The highest BCUT2D eigenvalue weighted by Gasteiger charge is 2.18. The van der Waals surface area contributed by atoms with Crippen LogP contribution in [0.4, 0.5) is 4.39 Å². The Morgan fingerprint density at radius 3 is 2.48 bits per heavy atom. The standard InChI is InChI=1S/C17H20FNO3S/c1-14-4-3-5-17(12-14)22-11-10-19(2)23(20,21)13-15-6-8-16(18)9-7-15/h3-9,12H,10-11,13H2,1-2H3. The van der Waals surface area contributed by atoms with Gasteiger partial charge in [-0.15, -0.1) is 0 Å². The van der Waals surface area contributed by atoms with Crippen molar-refractivity contribution in [3.63, 3.8) is 0 Å². The molecule has 0 amide bonds. The number of aryl methyl sites for hydroxylation is 1. The third-order valence-corrected chi connectivity index (χ3v) is 5.23. The molecular weight excluding hydrogens is 317 g/mol. The highest BCUT2D eigenvalue weighted by molar-refractivity contribution is 7.88. The number of rotatable bonds is 7. The smallest absolute Gasteiger partial charge is 0.218 e. The van der Waals surface area contributed by atoms with Gasteiger partial charge in [0.2, 0.25) is 10.0 Å². The van der Waals surface area contributed by atoms with Crippen LogP contribution in [0.1, 0.15) is 11.1 Å². The highest BCUT2D eigenvalue weighted by atomic mass is 32.2. The average Bonchev–Trinajstić information content (AvgIpc) is 2.49. The zero-order chi connectivity index (χ0) is 16.9. The summed E-state index contributed by atoms with van der Waals surface area (Å²) in [6, 6.07) is 13.0. The Morgan fingerprint density at radius 1 is 1.13 bits per heavy atom. The summed E-state index contributed by atoms with van der Waals surface area (Å²) in [6.07, 6.45) is 0. The van der Waals surface area contributed by atoms with Crippen LogP contribution in [0.3, 0.4) is 0 Å². The topological polar surface area (TPSA) is 46.6 Å². The van der Waals surface area contributed by atoms with Gasteiger partial charge >= 0.3 is 0 Å². The Balaban J connectivity index is 1.88. The van der Waals surface area contributed by atoms with Gasteiger partial charge in [0.25, 0.3) is 0 Å². The maximum Gasteiger partial charge on any atom is 0.218 e. The molecule has 0 fully saturated rings. The summed E-state index contributed by atoms with van der Waals surface area (Å²) in [6.45, 7) is 2.48. The van der Waals surface area contributed by atoms with E-state index in [4.69, 9.17) is 4.74 Å². The van der Waals surface area contributed by atoms with Crippen LogP contribution in [-0.2, 0) is 15.8 Å². The summed E-state index contributed by atoms with van der Waals surface area (Å²) in [7, 11) is -1.95. The Kier molecular flexibility index (Phi) is 5.74. The molecule has 0 atom stereocenters. The molecule has 0 aliphatic carbocycles. The van der Waals surface area contributed by atoms with Gasteiger partial charge in [0.15, 0.2) is 0 Å². The molecule has 0 N–H and O–H groups in total. The van der Waals surface area contributed by atoms with Crippen LogP contribution in [0.25, 0.3) is 0 Å². The lowest BCUT2D eigenvalue weighted by atomic mass is 10.2. The van der Waals surface area contributed by atoms with Gasteiger partial charge in [-0.2, -0.15) is 0 Å². The van der Waals surface area contributed by atoms with Crippen molar-refractivity contribution in [1.29, 1.82) is 0 Å². The van der Waals surface area contributed by atoms with Gasteiger partial charge in [0, 0.05) is 13.6 Å². The Morgan fingerprint density at radius 2 is 1.83 bits per heavy atom. The van der Waals surface area contributed by atoms with Crippen molar-refractivity contribution < 1.29 is 17.5 Å². The lowest BCUT2D eigenvalue weighted by Crippen LogP contribution is -2.32. The van der Waals surface area contributed by atoms with E-state index in [2.05, 4.69) is 0 Å². The van der Waals surface area contributed by atoms with Crippen molar-refractivity contribution >= 4 is 10.0 Å². The van der Waals surface area contributed by atoms with Crippen LogP contribution in [0.15, 0.2) is 48.5 Å². The molecule has 6 heteroatoms. The van der Waals surface area contributed by atoms with Crippen molar-refractivity contribution in [1.82, 2.24) is 4.31 Å². The molecule has 0 saturated carbocycles. The number of hydrogen-bond donors (Lipinski definition) is 0. The largest absolute Gasteiger partial charge is 0.492 e. The Hall–Kier alpha value is -1.92. The average molecular weight is 337 g/mol. The fraction of sp³-hybridized carbons (Fsp3) is 0.294. The Bertz CT molecular complexity index is 745.